The molecule has 0 unspecified atom stereocenters. The SMILES string of the molecule is COc1c(C)cc(Cl)cc1CCNC(=O)NC1CCCC1. The Morgan fingerprint density at radius 2 is 2.10 bits per heavy atom. The van der Waals surface area contributed by atoms with Gasteiger partial charge in [-0.3, -0.25) is 0 Å². The molecule has 2 rings (SSSR count). The van der Waals surface area contributed by atoms with Crippen molar-refractivity contribution < 1.29 is 9.53 Å². The van der Waals surface area contributed by atoms with Crippen LogP contribution in [0.3, 0.4) is 0 Å². The molecule has 0 spiro atoms. The molecular formula is C16H23ClN2O2. The second-order valence-corrected chi connectivity index (χ2v) is 5.98. The third-order valence-corrected chi connectivity index (χ3v) is 4.11. The molecule has 21 heavy (non-hydrogen) atoms. The highest BCUT2D eigenvalue weighted by Crippen LogP contribution is 2.27. The molecule has 1 fully saturated rings. The summed E-state index contributed by atoms with van der Waals surface area (Å²) in [5.41, 5.74) is 2.03. The first-order valence-electron chi connectivity index (χ1n) is 7.47. The van der Waals surface area contributed by atoms with Gasteiger partial charge in [-0.25, -0.2) is 4.79 Å². The summed E-state index contributed by atoms with van der Waals surface area (Å²) in [6.07, 6.45) is 5.31. The standard InChI is InChI=1S/C16H23ClN2O2/c1-11-9-13(17)10-12(15(11)21-2)7-8-18-16(20)19-14-5-3-4-6-14/h9-10,14H,3-8H2,1-2H3,(H2,18,19,20). The molecule has 0 aliphatic heterocycles. The van der Waals surface area contributed by atoms with Gasteiger partial charge in [0.25, 0.3) is 0 Å². The van der Waals surface area contributed by atoms with E-state index in [2.05, 4.69) is 10.6 Å². The van der Waals surface area contributed by atoms with Crippen LogP contribution in [0.15, 0.2) is 12.1 Å². The van der Waals surface area contributed by atoms with Gasteiger partial charge in [0.2, 0.25) is 0 Å². The van der Waals surface area contributed by atoms with Crippen molar-refractivity contribution in [1.29, 1.82) is 0 Å². The second-order valence-electron chi connectivity index (χ2n) is 5.55. The quantitative estimate of drug-likeness (QED) is 0.875. The Hall–Kier alpha value is -1.42. The van der Waals surface area contributed by atoms with E-state index < -0.39 is 0 Å². The molecule has 1 saturated carbocycles. The van der Waals surface area contributed by atoms with Gasteiger partial charge in [0.05, 0.1) is 7.11 Å². The number of ether oxygens (including phenoxy) is 1. The molecule has 4 nitrogen and oxygen atoms in total. The van der Waals surface area contributed by atoms with Gasteiger partial charge in [-0.15, -0.1) is 0 Å². The third-order valence-electron chi connectivity index (χ3n) is 3.89. The van der Waals surface area contributed by atoms with E-state index in [9.17, 15) is 4.79 Å². The summed E-state index contributed by atoms with van der Waals surface area (Å²) in [7, 11) is 1.65. The highest BCUT2D eigenvalue weighted by Gasteiger charge is 2.16. The van der Waals surface area contributed by atoms with Gasteiger partial charge in [0.15, 0.2) is 0 Å². The van der Waals surface area contributed by atoms with E-state index in [0.29, 0.717) is 24.0 Å². The summed E-state index contributed by atoms with van der Waals surface area (Å²) in [5, 5.41) is 6.60. The Morgan fingerprint density at radius 1 is 1.38 bits per heavy atom. The Morgan fingerprint density at radius 3 is 2.76 bits per heavy atom. The number of methoxy groups -OCH3 is 1. The zero-order chi connectivity index (χ0) is 15.2. The second kappa shape index (κ2) is 7.55. The Labute approximate surface area is 131 Å². The number of hydrogen-bond acceptors (Lipinski definition) is 2. The van der Waals surface area contributed by atoms with Gasteiger partial charge in [-0.2, -0.15) is 0 Å². The van der Waals surface area contributed by atoms with Crippen LogP contribution in [0.1, 0.15) is 36.8 Å². The van der Waals surface area contributed by atoms with Crippen LogP contribution in [0.4, 0.5) is 4.79 Å². The molecule has 5 heteroatoms. The topological polar surface area (TPSA) is 50.4 Å². The Kier molecular flexibility index (Phi) is 5.74. The minimum Gasteiger partial charge on any atom is -0.496 e. The summed E-state index contributed by atoms with van der Waals surface area (Å²) >= 11 is 6.08. The number of halogens is 1. The number of rotatable bonds is 5. The molecule has 0 bridgehead atoms. The van der Waals surface area contributed by atoms with Gasteiger partial charge in [-0.1, -0.05) is 24.4 Å². The lowest BCUT2D eigenvalue weighted by molar-refractivity contribution is 0.237. The predicted molar refractivity (Wildman–Crippen MR) is 85.2 cm³/mol. The van der Waals surface area contributed by atoms with Gasteiger partial charge in [-0.05, 0) is 49.4 Å². The lowest BCUT2D eigenvalue weighted by Crippen LogP contribution is -2.41. The Balaban J connectivity index is 1.84. The average molecular weight is 311 g/mol. The number of carbonyl (C=O) groups excluding carboxylic acids is 1. The lowest BCUT2D eigenvalue weighted by Gasteiger charge is -2.15. The monoisotopic (exact) mass is 310 g/mol. The maximum atomic E-state index is 11.8. The van der Waals surface area contributed by atoms with Crippen molar-refractivity contribution >= 4 is 17.6 Å². The van der Waals surface area contributed by atoms with Crippen LogP contribution in [0.5, 0.6) is 5.75 Å². The number of urea groups is 1. The van der Waals surface area contributed by atoms with Gasteiger partial charge in [0, 0.05) is 17.6 Å². The molecule has 0 heterocycles. The zero-order valence-corrected chi connectivity index (χ0v) is 13.4. The minimum atomic E-state index is -0.0837. The van der Waals surface area contributed by atoms with Crippen molar-refractivity contribution in [3.05, 3.63) is 28.3 Å². The smallest absolute Gasteiger partial charge is 0.315 e. The molecule has 1 aliphatic carbocycles. The molecule has 2 N–H and O–H groups in total. The lowest BCUT2D eigenvalue weighted by atomic mass is 10.1. The number of nitrogens with one attached hydrogen (secondary N) is 2. The summed E-state index contributed by atoms with van der Waals surface area (Å²) in [6, 6.07) is 4.03. The number of amides is 2. The maximum Gasteiger partial charge on any atom is 0.315 e. The first kappa shape index (κ1) is 16.0. The van der Waals surface area contributed by atoms with E-state index in [1.54, 1.807) is 7.11 Å². The van der Waals surface area contributed by atoms with E-state index in [1.807, 2.05) is 19.1 Å². The van der Waals surface area contributed by atoms with E-state index in [4.69, 9.17) is 16.3 Å². The molecule has 0 atom stereocenters. The van der Waals surface area contributed by atoms with E-state index in [-0.39, 0.29) is 6.03 Å². The fourth-order valence-corrected chi connectivity index (χ4v) is 3.19. The number of aryl methyl sites for hydroxylation is 1. The van der Waals surface area contributed by atoms with Crippen LogP contribution < -0.4 is 15.4 Å². The summed E-state index contributed by atoms with van der Waals surface area (Å²) in [4.78, 5) is 11.8. The largest absolute Gasteiger partial charge is 0.496 e. The molecule has 1 aliphatic rings. The first-order chi connectivity index (χ1) is 10.1. The third kappa shape index (κ3) is 4.53. The van der Waals surface area contributed by atoms with E-state index in [1.165, 1.54) is 12.8 Å². The summed E-state index contributed by atoms with van der Waals surface area (Å²) < 4.78 is 5.41. The van der Waals surface area contributed by atoms with Crippen molar-refractivity contribution in [3.8, 4) is 5.75 Å². The summed E-state index contributed by atoms with van der Waals surface area (Å²) in [6.45, 7) is 2.53. The van der Waals surface area contributed by atoms with Gasteiger partial charge in [0.1, 0.15) is 5.75 Å². The fraction of sp³-hybridized carbons (Fsp3) is 0.562. The first-order valence-corrected chi connectivity index (χ1v) is 7.85. The predicted octanol–water partition coefficient (Wildman–Crippen LogP) is 3.44. The van der Waals surface area contributed by atoms with Crippen LogP contribution in [0.25, 0.3) is 0 Å². The molecular weight excluding hydrogens is 288 g/mol. The number of benzene rings is 1. The van der Waals surface area contributed by atoms with Crippen molar-refractivity contribution in [2.45, 2.75) is 45.1 Å². The summed E-state index contributed by atoms with van der Waals surface area (Å²) in [5.74, 6) is 0.845. The highest BCUT2D eigenvalue weighted by atomic mass is 35.5. The van der Waals surface area contributed by atoms with E-state index in [0.717, 1.165) is 29.7 Å². The molecule has 0 radical (unpaired) electrons. The molecule has 116 valence electrons. The molecule has 1 aromatic rings. The van der Waals surface area contributed by atoms with Crippen LogP contribution in [-0.4, -0.2) is 25.7 Å². The van der Waals surface area contributed by atoms with Crippen molar-refractivity contribution in [3.63, 3.8) is 0 Å². The average Bonchev–Trinajstić information content (AvgIpc) is 2.91. The molecule has 1 aromatic carbocycles. The van der Waals surface area contributed by atoms with Crippen LogP contribution >= 0.6 is 11.6 Å². The van der Waals surface area contributed by atoms with Crippen LogP contribution in [0, 0.1) is 6.92 Å². The normalized spacial score (nSPS) is 15.0. The molecule has 2 amide bonds. The van der Waals surface area contributed by atoms with Gasteiger partial charge >= 0.3 is 6.03 Å². The highest BCUT2D eigenvalue weighted by molar-refractivity contribution is 6.30. The van der Waals surface area contributed by atoms with E-state index >= 15 is 0 Å². The maximum absolute atomic E-state index is 11.8. The minimum absolute atomic E-state index is 0.0837. The number of hydrogen-bond donors (Lipinski definition) is 2. The zero-order valence-electron chi connectivity index (χ0n) is 12.7. The number of carbonyl (C=O) groups is 1. The Bertz CT molecular complexity index is 499. The van der Waals surface area contributed by atoms with Crippen LogP contribution in [-0.2, 0) is 6.42 Å². The van der Waals surface area contributed by atoms with Crippen molar-refractivity contribution in [1.82, 2.24) is 10.6 Å². The van der Waals surface area contributed by atoms with Crippen LogP contribution in [0.2, 0.25) is 5.02 Å². The van der Waals surface area contributed by atoms with Crippen molar-refractivity contribution in [2.24, 2.45) is 0 Å². The fourth-order valence-electron chi connectivity index (χ4n) is 2.89. The van der Waals surface area contributed by atoms with Gasteiger partial charge < -0.3 is 15.4 Å². The molecule has 0 aromatic heterocycles. The van der Waals surface area contributed by atoms with Crippen molar-refractivity contribution in [2.75, 3.05) is 13.7 Å². The molecule has 0 saturated heterocycles.